The lowest BCUT2D eigenvalue weighted by atomic mass is 10.0. The monoisotopic (exact) mass is 426 g/mol. The van der Waals surface area contributed by atoms with Gasteiger partial charge in [0.05, 0.1) is 11.1 Å². The zero-order valence-corrected chi connectivity index (χ0v) is 18.6. The van der Waals surface area contributed by atoms with E-state index in [0.717, 1.165) is 9.87 Å². The van der Waals surface area contributed by atoms with Gasteiger partial charge in [-0.2, -0.15) is 5.10 Å². The van der Waals surface area contributed by atoms with Crippen LogP contribution in [-0.4, -0.2) is 31.2 Å². The standard InChI is InChI=1S/C22H26N4O3S/c1-15(2)17-8-10-18(11-9-17)24-21(27)20-14-23-25(4)22(20)26(5)30(28,29)19-12-6-16(3)7-13-19/h6-15H,1-5H3,(H,24,27). The number of nitrogens with one attached hydrogen (secondary N) is 1. The zero-order chi connectivity index (χ0) is 22.1. The maximum Gasteiger partial charge on any atom is 0.265 e. The van der Waals surface area contributed by atoms with E-state index in [1.165, 1.54) is 23.5 Å². The largest absolute Gasteiger partial charge is 0.322 e. The van der Waals surface area contributed by atoms with E-state index in [1.807, 2.05) is 31.2 Å². The first kappa shape index (κ1) is 21.6. The summed E-state index contributed by atoms with van der Waals surface area (Å²) in [5.41, 5.74) is 2.92. The van der Waals surface area contributed by atoms with Crippen LogP contribution in [-0.2, 0) is 17.1 Å². The third kappa shape index (κ3) is 4.23. The lowest BCUT2D eigenvalue weighted by molar-refractivity contribution is 0.102. The molecule has 0 aliphatic heterocycles. The van der Waals surface area contributed by atoms with Crippen LogP contribution in [0.15, 0.2) is 59.6 Å². The summed E-state index contributed by atoms with van der Waals surface area (Å²) in [6.07, 6.45) is 1.37. The van der Waals surface area contributed by atoms with E-state index >= 15 is 0 Å². The van der Waals surface area contributed by atoms with Gasteiger partial charge in [-0.1, -0.05) is 43.7 Å². The predicted octanol–water partition coefficient (Wildman–Crippen LogP) is 3.93. The van der Waals surface area contributed by atoms with Crippen LogP contribution in [0.2, 0.25) is 0 Å². The molecule has 3 aromatic rings. The second-order valence-electron chi connectivity index (χ2n) is 7.52. The normalized spacial score (nSPS) is 11.5. The predicted molar refractivity (Wildman–Crippen MR) is 118 cm³/mol. The Morgan fingerprint density at radius 1 is 1.07 bits per heavy atom. The van der Waals surface area contributed by atoms with Crippen LogP contribution in [0.1, 0.15) is 41.3 Å². The van der Waals surface area contributed by atoms with E-state index in [4.69, 9.17) is 0 Å². The number of hydrogen-bond donors (Lipinski definition) is 1. The van der Waals surface area contributed by atoms with E-state index in [0.29, 0.717) is 11.6 Å². The number of amides is 1. The van der Waals surface area contributed by atoms with Crippen molar-refractivity contribution in [2.45, 2.75) is 31.6 Å². The molecule has 2 aromatic carbocycles. The van der Waals surface area contributed by atoms with Crippen molar-refractivity contribution in [2.75, 3.05) is 16.7 Å². The number of rotatable bonds is 6. The molecule has 7 nitrogen and oxygen atoms in total. The van der Waals surface area contributed by atoms with Gasteiger partial charge in [-0.05, 0) is 42.7 Å². The average molecular weight is 427 g/mol. The number of benzene rings is 2. The summed E-state index contributed by atoms with van der Waals surface area (Å²) in [6, 6.07) is 14.1. The van der Waals surface area contributed by atoms with E-state index in [1.54, 1.807) is 31.3 Å². The van der Waals surface area contributed by atoms with E-state index in [-0.39, 0.29) is 16.3 Å². The molecule has 0 bridgehead atoms. The number of sulfonamides is 1. The minimum absolute atomic E-state index is 0.146. The Hall–Kier alpha value is -3.13. The third-order valence-electron chi connectivity index (χ3n) is 4.96. The van der Waals surface area contributed by atoms with Crippen molar-refractivity contribution >= 4 is 27.4 Å². The molecular formula is C22H26N4O3S. The Labute approximate surface area is 177 Å². The summed E-state index contributed by atoms with van der Waals surface area (Å²) in [7, 11) is -0.834. The van der Waals surface area contributed by atoms with E-state index in [9.17, 15) is 13.2 Å². The summed E-state index contributed by atoms with van der Waals surface area (Å²) in [5, 5.41) is 6.93. The SMILES string of the molecule is Cc1ccc(S(=O)(=O)N(C)c2c(C(=O)Nc3ccc(C(C)C)cc3)cnn2C)cc1. The number of aromatic nitrogens is 2. The quantitative estimate of drug-likeness (QED) is 0.647. The maximum atomic E-state index is 13.1. The molecular weight excluding hydrogens is 400 g/mol. The Bertz CT molecular complexity index is 1150. The van der Waals surface area contributed by atoms with Crippen LogP contribution in [0.3, 0.4) is 0 Å². The number of carbonyl (C=O) groups is 1. The van der Waals surface area contributed by atoms with Crippen molar-refractivity contribution in [2.24, 2.45) is 7.05 Å². The van der Waals surface area contributed by atoms with Crippen molar-refractivity contribution in [1.29, 1.82) is 0 Å². The molecule has 1 heterocycles. The molecule has 1 aromatic heterocycles. The molecule has 30 heavy (non-hydrogen) atoms. The van der Waals surface area contributed by atoms with Crippen molar-refractivity contribution in [1.82, 2.24) is 9.78 Å². The Kier molecular flexibility index (Phi) is 5.98. The molecule has 158 valence electrons. The van der Waals surface area contributed by atoms with Crippen LogP contribution in [0, 0.1) is 6.92 Å². The van der Waals surface area contributed by atoms with Crippen LogP contribution >= 0.6 is 0 Å². The van der Waals surface area contributed by atoms with Crippen molar-refractivity contribution in [3.05, 3.63) is 71.4 Å². The lowest BCUT2D eigenvalue weighted by Crippen LogP contribution is -2.30. The summed E-state index contributed by atoms with van der Waals surface area (Å²) in [4.78, 5) is 13.0. The fourth-order valence-electron chi connectivity index (χ4n) is 3.10. The first-order chi connectivity index (χ1) is 14.1. The summed E-state index contributed by atoms with van der Waals surface area (Å²) in [6.45, 7) is 6.08. The molecule has 0 radical (unpaired) electrons. The second kappa shape index (κ2) is 8.31. The third-order valence-corrected chi connectivity index (χ3v) is 6.73. The Balaban J connectivity index is 1.90. The van der Waals surface area contributed by atoms with Gasteiger partial charge in [0.2, 0.25) is 0 Å². The summed E-state index contributed by atoms with van der Waals surface area (Å²) in [5.74, 6) is 0.147. The molecule has 1 N–H and O–H groups in total. The number of hydrogen-bond acceptors (Lipinski definition) is 4. The number of nitrogens with zero attached hydrogens (tertiary/aromatic N) is 3. The maximum absolute atomic E-state index is 13.1. The zero-order valence-electron chi connectivity index (χ0n) is 17.7. The molecule has 0 spiro atoms. The van der Waals surface area contributed by atoms with E-state index in [2.05, 4.69) is 24.3 Å². The molecule has 1 amide bonds. The van der Waals surface area contributed by atoms with Crippen LogP contribution in [0.4, 0.5) is 11.5 Å². The highest BCUT2D eigenvalue weighted by atomic mass is 32.2. The summed E-state index contributed by atoms with van der Waals surface area (Å²) >= 11 is 0. The van der Waals surface area contributed by atoms with Gasteiger partial charge in [0.15, 0.2) is 5.82 Å². The minimum Gasteiger partial charge on any atom is -0.322 e. The first-order valence-corrected chi connectivity index (χ1v) is 11.0. The Morgan fingerprint density at radius 2 is 1.67 bits per heavy atom. The van der Waals surface area contributed by atoms with Gasteiger partial charge in [-0.3, -0.25) is 13.8 Å². The fourth-order valence-corrected chi connectivity index (χ4v) is 4.34. The van der Waals surface area contributed by atoms with Gasteiger partial charge in [0, 0.05) is 19.8 Å². The second-order valence-corrected chi connectivity index (χ2v) is 9.49. The Morgan fingerprint density at radius 3 is 2.23 bits per heavy atom. The van der Waals surface area contributed by atoms with Crippen molar-refractivity contribution in [3.63, 3.8) is 0 Å². The number of aryl methyl sites for hydroxylation is 2. The highest BCUT2D eigenvalue weighted by molar-refractivity contribution is 7.92. The lowest BCUT2D eigenvalue weighted by Gasteiger charge is -2.21. The van der Waals surface area contributed by atoms with Crippen molar-refractivity contribution < 1.29 is 13.2 Å². The van der Waals surface area contributed by atoms with Crippen LogP contribution in [0.25, 0.3) is 0 Å². The van der Waals surface area contributed by atoms with Gasteiger partial charge in [0.25, 0.3) is 15.9 Å². The number of anilines is 2. The van der Waals surface area contributed by atoms with Crippen LogP contribution in [0.5, 0.6) is 0 Å². The van der Waals surface area contributed by atoms with Gasteiger partial charge >= 0.3 is 0 Å². The highest BCUT2D eigenvalue weighted by Crippen LogP contribution is 2.26. The molecule has 0 unspecified atom stereocenters. The molecule has 0 aliphatic rings. The number of carbonyl (C=O) groups excluding carboxylic acids is 1. The van der Waals surface area contributed by atoms with Crippen molar-refractivity contribution in [3.8, 4) is 0 Å². The topological polar surface area (TPSA) is 84.3 Å². The fraction of sp³-hybridized carbons (Fsp3) is 0.273. The van der Waals surface area contributed by atoms with Crippen LogP contribution < -0.4 is 9.62 Å². The minimum atomic E-state index is -3.85. The molecule has 0 aliphatic carbocycles. The van der Waals surface area contributed by atoms with Gasteiger partial charge < -0.3 is 5.32 Å². The summed E-state index contributed by atoms with van der Waals surface area (Å²) < 4.78 is 28.6. The van der Waals surface area contributed by atoms with Gasteiger partial charge in [-0.25, -0.2) is 8.42 Å². The molecule has 0 saturated carbocycles. The molecule has 3 rings (SSSR count). The molecule has 0 fully saturated rings. The van der Waals surface area contributed by atoms with Gasteiger partial charge in [-0.15, -0.1) is 0 Å². The first-order valence-electron chi connectivity index (χ1n) is 9.60. The molecule has 0 atom stereocenters. The molecule has 0 saturated heterocycles. The smallest absolute Gasteiger partial charge is 0.265 e. The molecule has 8 heteroatoms. The average Bonchev–Trinajstić information content (AvgIpc) is 3.09. The highest BCUT2D eigenvalue weighted by Gasteiger charge is 2.28. The van der Waals surface area contributed by atoms with E-state index < -0.39 is 15.9 Å². The van der Waals surface area contributed by atoms with Gasteiger partial charge in [0.1, 0.15) is 5.56 Å².